The second kappa shape index (κ2) is 6.12. The van der Waals surface area contributed by atoms with Crippen LogP contribution in [-0.2, 0) is 22.4 Å². The van der Waals surface area contributed by atoms with Gasteiger partial charge in [-0.3, -0.25) is 4.79 Å². The van der Waals surface area contributed by atoms with Gasteiger partial charge < -0.3 is 14.9 Å². The molecular weight excluding hydrogens is 208 g/mol. The molecule has 1 aromatic rings. The van der Waals surface area contributed by atoms with E-state index in [-0.39, 0.29) is 24.7 Å². The van der Waals surface area contributed by atoms with E-state index < -0.39 is 0 Å². The van der Waals surface area contributed by atoms with Gasteiger partial charge in [-0.05, 0) is 25.0 Å². The summed E-state index contributed by atoms with van der Waals surface area (Å²) in [6.07, 6.45) is 0.562. The molecule has 0 aromatic heterocycles. The molecule has 0 atom stereocenters. The summed E-state index contributed by atoms with van der Waals surface area (Å²) in [5, 5.41) is 18.4. The fourth-order valence-corrected chi connectivity index (χ4v) is 1.41. The van der Waals surface area contributed by atoms with Crippen LogP contribution in [0.3, 0.4) is 0 Å². The number of carbonyl (C=O) groups excluding carboxylic acids is 1. The van der Waals surface area contributed by atoms with Crippen LogP contribution in [0.1, 0.15) is 18.1 Å². The van der Waals surface area contributed by atoms with Gasteiger partial charge in [0.25, 0.3) is 0 Å². The Labute approximate surface area is 94.5 Å². The molecule has 88 valence electrons. The number of rotatable bonds is 5. The Morgan fingerprint density at radius 1 is 1.44 bits per heavy atom. The maximum absolute atomic E-state index is 11.2. The van der Waals surface area contributed by atoms with Crippen molar-refractivity contribution in [2.24, 2.45) is 0 Å². The number of hydrogen-bond donors (Lipinski definition) is 2. The third-order valence-corrected chi connectivity index (χ3v) is 2.19. The maximum Gasteiger partial charge on any atom is 0.310 e. The van der Waals surface area contributed by atoms with Crippen molar-refractivity contribution in [1.82, 2.24) is 0 Å². The molecule has 4 heteroatoms. The number of benzene rings is 1. The second-order valence-electron chi connectivity index (χ2n) is 3.42. The first-order chi connectivity index (χ1) is 7.67. The quantitative estimate of drug-likeness (QED) is 0.733. The summed E-state index contributed by atoms with van der Waals surface area (Å²) in [6, 6.07) is 5.02. The van der Waals surface area contributed by atoms with Crippen LogP contribution >= 0.6 is 0 Å². The van der Waals surface area contributed by atoms with Crippen LogP contribution in [0, 0.1) is 0 Å². The van der Waals surface area contributed by atoms with Gasteiger partial charge in [0.1, 0.15) is 5.75 Å². The summed E-state index contributed by atoms with van der Waals surface area (Å²) < 4.78 is 4.79. The summed E-state index contributed by atoms with van der Waals surface area (Å²) >= 11 is 0. The van der Waals surface area contributed by atoms with Crippen molar-refractivity contribution in [2.45, 2.75) is 19.8 Å². The zero-order valence-corrected chi connectivity index (χ0v) is 9.27. The SMILES string of the molecule is CCOC(=O)Cc1ccc(CCO)cc1O. The first kappa shape index (κ1) is 12.5. The zero-order chi connectivity index (χ0) is 12.0. The third kappa shape index (κ3) is 3.55. The second-order valence-corrected chi connectivity index (χ2v) is 3.42. The average Bonchev–Trinajstić information content (AvgIpc) is 2.23. The largest absolute Gasteiger partial charge is 0.508 e. The highest BCUT2D eigenvalue weighted by atomic mass is 16.5. The van der Waals surface area contributed by atoms with Crippen LogP contribution in [0.25, 0.3) is 0 Å². The van der Waals surface area contributed by atoms with Crippen molar-refractivity contribution in [3.8, 4) is 5.75 Å². The van der Waals surface area contributed by atoms with E-state index in [1.54, 1.807) is 25.1 Å². The number of hydrogen-bond acceptors (Lipinski definition) is 4. The minimum Gasteiger partial charge on any atom is -0.508 e. The summed E-state index contributed by atoms with van der Waals surface area (Å²) in [4.78, 5) is 11.2. The van der Waals surface area contributed by atoms with Crippen LogP contribution in [0.15, 0.2) is 18.2 Å². The van der Waals surface area contributed by atoms with E-state index in [0.29, 0.717) is 18.6 Å². The molecule has 16 heavy (non-hydrogen) atoms. The molecule has 0 aliphatic carbocycles. The molecule has 0 aliphatic heterocycles. The molecule has 1 rings (SSSR count). The van der Waals surface area contributed by atoms with E-state index in [2.05, 4.69) is 0 Å². The Kier molecular flexibility index (Phi) is 4.79. The average molecular weight is 224 g/mol. The molecule has 1 aromatic carbocycles. The minimum absolute atomic E-state index is 0.0384. The predicted octanol–water partition coefficient (Wildman–Crippen LogP) is 1.03. The maximum atomic E-state index is 11.2. The van der Waals surface area contributed by atoms with Gasteiger partial charge in [-0.1, -0.05) is 12.1 Å². The highest BCUT2D eigenvalue weighted by Crippen LogP contribution is 2.20. The van der Waals surface area contributed by atoms with Crippen molar-refractivity contribution in [3.63, 3.8) is 0 Å². The van der Waals surface area contributed by atoms with Gasteiger partial charge in [0.05, 0.1) is 13.0 Å². The molecule has 0 aliphatic rings. The number of esters is 1. The predicted molar refractivity (Wildman–Crippen MR) is 59.2 cm³/mol. The number of aliphatic hydroxyl groups excluding tert-OH is 1. The third-order valence-electron chi connectivity index (χ3n) is 2.19. The Morgan fingerprint density at radius 3 is 2.75 bits per heavy atom. The summed E-state index contributed by atoms with van der Waals surface area (Å²) in [5.74, 6) is -0.285. The van der Waals surface area contributed by atoms with Crippen LogP contribution in [0.4, 0.5) is 0 Å². The van der Waals surface area contributed by atoms with Gasteiger partial charge >= 0.3 is 5.97 Å². The smallest absolute Gasteiger partial charge is 0.310 e. The number of aliphatic hydroxyl groups is 1. The summed E-state index contributed by atoms with van der Waals surface area (Å²) in [7, 11) is 0. The molecular formula is C12H16O4. The number of aromatic hydroxyl groups is 1. The Bertz CT molecular complexity index is 360. The first-order valence-electron chi connectivity index (χ1n) is 5.24. The van der Waals surface area contributed by atoms with Gasteiger partial charge in [0.2, 0.25) is 0 Å². The highest BCUT2D eigenvalue weighted by Gasteiger charge is 2.08. The Balaban J connectivity index is 2.71. The lowest BCUT2D eigenvalue weighted by Gasteiger charge is -2.06. The van der Waals surface area contributed by atoms with E-state index in [9.17, 15) is 9.90 Å². The van der Waals surface area contributed by atoms with Crippen molar-refractivity contribution >= 4 is 5.97 Å². The summed E-state index contributed by atoms with van der Waals surface area (Å²) in [5.41, 5.74) is 1.38. The van der Waals surface area contributed by atoms with Crippen molar-refractivity contribution in [3.05, 3.63) is 29.3 Å². The lowest BCUT2D eigenvalue weighted by molar-refractivity contribution is -0.142. The summed E-state index contributed by atoms with van der Waals surface area (Å²) in [6.45, 7) is 2.11. The molecule has 2 N–H and O–H groups in total. The number of carbonyl (C=O) groups is 1. The van der Waals surface area contributed by atoms with E-state index in [1.807, 2.05) is 0 Å². The lowest BCUT2D eigenvalue weighted by Crippen LogP contribution is -2.07. The first-order valence-corrected chi connectivity index (χ1v) is 5.24. The zero-order valence-electron chi connectivity index (χ0n) is 9.27. The fraction of sp³-hybridized carbons (Fsp3) is 0.417. The van der Waals surface area contributed by atoms with Gasteiger partial charge in [0, 0.05) is 12.2 Å². The normalized spacial score (nSPS) is 10.1. The monoisotopic (exact) mass is 224 g/mol. The van der Waals surface area contributed by atoms with E-state index >= 15 is 0 Å². The standard InChI is InChI=1S/C12H16O4/c1-2-16-12(15)8-10-4-3-9(5-6-13)7-11(10)14/h3-4,7,13-14H,2,5-6,8H2,1H3. The number of phenols is 1. The minimum atomic E-state index is -0.354. The van der Waals surface area contributed by atoms with Crippen molar-refractivity contribution in [2.75, 3.05) is 13.2 Å². The van der Waals surface area contributed by atoms with Crippen LogP contribution in [0.5, 0.6) is 5.75 Å². The molecule has 0 saturated heterocycles. The number of ether oxygens (including phenoxy) is 1. The van der Waals surface area contributed by atoms with E-state index in [1.165, 1.54) is 0 Å². The molecule has 4 nitrogen and oxygen atoms in total. The Morgan fingerprint density at radius 2 is 2.19 bits per heavy atom. The molecule has 0 bridgehead atoms. The lowest BCUT2D eigenvalue weighted by atomic mass is 10.1. The van der Waals surface area contributed by atoms with E-state index in [4.69, 9.17) is 9.84 Å². The fourth-order valence-electron chi connectivity index (χ4n) is 1.41. The van der Waals surface area contributed by atoms with Gasteiger partial charge in [-0.2, -0.15) is 0 Å². The molecule has 0 unspecified atom stereocenters. The van der Waals surface area contributed by atoms with Crippen molar-refractivity contribution in [1.29, 1.82) is 0 Å². The van der Waals surface area contributed by atoms with Gasteiger partial charge in [0.15, 0.2) is 0 Å². The van der Waals surface area contributed by atoms with Crippen molar-refractivity contribution < 1.29 is 19.7 Å². The molecule has 0 amide bonds. The van der Waals surface area contributed by atoms with E-state index in [0.717, 1.165) is 5.56 Å². The number of phenolic OH excluding ortho intramolecular Hbond substituents is 1. The molecule has 0 saturated carbocycles. The van der Waals surface area contributed by atoms with Gasteiger partial charge in [-0.15, -0.1) is 0 Å². The van der Waals surface area contributed by atoms with Crippen LogP contribution < -0.4 is 0 Å². The molecule has 0 fully saturated rings. The molecule has 0 radical (unpaired) electrons. The highest BCUT2D eigenvalue weighted by molar-refractivity contribution is 5.73. The topological polar surface area (TPSA) is 66.8 Å². The van der Waals surface area contributed by atoms with Crippen LogP contribution in [0.2, 0.25) is 0 Å². The van der Waals surface area contributed by atoms with Crippen LogP contribution in [-0.4, -0.2) is 29.4 Å². The van der Waals surface area contributed by atoms with Gasteiger partial charge in [-0.25, -0.2) is 0 Å². The Hall–Kier alpha value is -1.55. The molecule has 0 spiro atoms. The molecule has 0 heterocycles.